The molecular formula is C11H16N4O3S. The summed E-state index contributed by atoms with van der Waals surface area (Å²) in [5.41, 5.74) is 2.29. The second kappa shape index (κ2) is 5.45. The maximum Gasteiger partial charge on any atom is 0.251 e. The van der Waals surface area contributed by atoms with Crippen LogP contribution in [0.3, 0.4) is 0 Å². The van der Waals surface area contributed by atoms with E-state index in [0.717, 1.165) is 24.5 Å². The van der Waals surface area contributed by atoms with Gasteiger partial charge in [-0.3, -0.25) is 4.79 Å². The van der Waals surface area contributed by atoms with E-state index in [-0.39, 0.29) is 18.2 Å². The average molecular weight is 284 g/mol. The minimum atomic E-state index is -3.55. The van der Waals surface area contributed by atoms with Crippen LogP contribution < -0.4 is 21.1 Å². The zero-order valence-corrected chi connectivity index (χ0v) is 11.1. The summed E-state index contributed by atoms with van der Waals surface area (Å²) in [4.78, 5) is 11.8. The first-order valence-corrected chi connectivity index (χ1v) is 7.58. The first kappa shape index (κ1) is 13.6. The van der Waals surface area contributed by atoms with Gasteiger partial charge in [0.25, 0.3) is 5.91 Å². The van der Waals surface area contributed by atoms with Crippen molar-refractivity contribution in [2.75, 3.05) is 36.0 Å². The largest absolute Gasteiger partial charge is 0.382 e. The molecule has 0 saturated heterocycles. The predicted molar refractivity (Wildman–Crippen MR) is 73.7 cm³/mol. The summed E-state index contributed by atoms with van der Waals surface area (Å²) >= 11 is 0. The third-order valence-corrected chi connectivity index (χ3v) is 3.48. The van der Waals surface area contributed by atoms with Crippen molar-refractivity contribution in [3.05, 3.63) is 23.8 Å². The minimum Gasteiger partial charge on any atom is -0.382 e. The van der Waals surface area contributed by atoms with Gasteiger partial charge in [0.1, 0.15) is 0 Å². The van der Waals surface area contributed by atoms with Gasteiger partial charge in [-0.15, -0.1) is 0 Å². The number of rotatable bonds is 4. The number of hydrogen-bond acceptors (Lipinski definition) is 5. The molecule has 0 fully saturated rings. The van der Waals surface area contributed by atoms with Crippen LogP contribution in [0.4, 0.5) is 11.4 Å². The first-order chi connectivity index (χ1) is 8.96. The van der Waals surface area contributed by atoms with Crippen molar-refractivity contribution < 1.29 is 13.2 Å². The molecule has 0 aromatic heterocycles. The van der Waals surface area contributed by atoms with Crippen molar-refractivity contribution in [2.45, 2.75) is 0 Å². The van der Waals surface area contributed by atoms with E-state index >= 15 is 0 Å². The summed E-state index contributed by atoms with van der Waals surface area (Å²) in [7, 11) is -3.55. The fraction of sp³-hybridized carbons (Fsp3) is 0.364. The summed E-state index contributed by atoms with van der Waals surface area (Å²) < 4.78 is 21.5. The Morgan fingerprint density at radius 1 is 1.26 bits per heavy atom. The summed E-state index contributed by atoms with van der Waals surface area (Å²) in [5.74, 6) is -0.595. The molecule has 19 heavy (non-hydrogen) atoms. The third-order valence-electron chi connectivity index (χ3n) is 2.71. The number of benzene rings is 1. The van der Waals surface area contributed by atoms with Crippen LogP contribution in [0, 0.1) is 0 Å². The summed E-state index contributed by atoms with van der Waals surface area (Å²) in [6.45, 7) is 1.64. The van der Waals surface area contributed by atoms with E-state index in [9.17, 15) is 13.2 Å². The predicted octanol–water partition coefficient (Wildman–Crippen LogP) is -0.458. The van der Waals surface area contributed by atoms with E-state index in [1.807, 2.05) is 6.07 Å². The molecule has 1 aliphatic heterocycles. The van der Waals surface area contributed by atoms with Crippen LogP contribution in [0.2, 0.25) is 0 Å². The van der Waals surface area contributed by atoms with Gasteiger partial charge in [0.2, 0.25) is 10.0 Å². The van der Waals surface area contributed by atoms with Crippen molar-refractivity contribution in [1.82, 2.24) is 5.32 Å². The molecule has 0 saturated carbocycles. The lowest BCUT2D eigenvalue weighted by molar-refractivity contribution is 0.0956. The maximum atomic E-state index is 11.8. The number of anilines is 2. The quantitative estimate of drug-likeness (QED) is 0.597. The van der Waals surface area contributed by atoms with E-state index in [0.29, 0.717) is 5.56 Å². The summed E-state index contributed by atoms with van der Waals surface area (Å²) in [6.07, 6.45) is 0. The molecule has 2 rings (SSSR count). The number of nitrogens with one attached hydrogen (secondary N) is 3. The molecule has 1 aromatic carbocycles. The number of carbonyl (C=O) groups excluding carboxylic acids is 1. The van der Waals surface area contributed by atoms with E-state index in [1.54, 1.807) is 12.1 Å². The fourth-order valence-electron chi connectivity index (χ4n) is 1.79. The van der Waals surface area contributed by atoms with Crippen molar-refractivity contribution in [3.8, 4) is 0 Å². The minimum absolute atomic E-state index is 0.000427. The Hall–Kier alpha value is -1.80. The highest BCUT2D eigenvalue weighted by molar-refractivity contribution is 7.89. The molecule has 1 aliphatic rings. The second-order valence-corrected chi connectivity index (χ2v) is 5.97. The molecule has 1 amide bonds. The van der Waals surface area contributed by atoms with E-state index in [2.05, 4.69) is 16.0 Å². The molecule has 0 radical (unpaired) electrons. The smallest absolute Gasteiger partial charge is 0.251 e. The fourth-order valence-corrected chi connectivity index (χ4v) is 2.18. The second-order valence-electron chi connectivity index (χ2n) is 4.24. The molecule has 0 atom stereocenters. The van der Waals surface area contributed by atoms with Crippen molar-refractivity contribution >= 4 is 27.3 Å². The molecule has 1 aromatic rings. The molecular weight excluding hydrogens is 268 g/mol. The number of nitrogens with two attached hydrogens (primary N) is 1. The van der Waals surface area contributed by atoms with Crippen LogP contribution >= 0.6 is 0 Å². The van der Waals surface area contributed by atoms with Gasteiger partial charge in [-0.1, -0.05) is 0 Å². The number of fused-ring (bicyclic) bond motifs is 1. The zero-order chi connectivity index (χ0) is 13.9. The van der Waals surface area contributed by atoms with E-state index in [4.69, 9.17) is 5.14 Å². The van der Waals surface area contributed by atoms with Crippen LogP contribution in [-0.4, -0.2) is 39.7 Å². The lowest BCUT2D eigenvalue weighted by atomic mass is 10.1. The average Bonchev–Trinajstić information content (AvgIpc) is 2.36. The number of primary sulfonamides is 1. The number of sulfonamides is 1. The highest BCUT2D eigenvalue weighted by atomic mass is 32.2. The van der Waals surface area contributed by atoms with Gasteiger partial charge in [0.15, 0.2) is 0 Å². The Labute approximate surface area is 111 Å². The molecule has 8 heteroatoms. The van der Waals surface area contributed by atoms with Crippen LogP contribution in [0.15, 0.2) is 18.2 Å². The molecule has 104 valence electrons. The SMILES string of the molecule is NS(=O)(=O)CCNC(=O)c1ccc2c(c1)NCCN2. The van der Waals surface area contributed by atoms with Gasteiger partial charge >= 0.3 is 0 Å². The lowest BCUT2D eigenvalue weighted by Gasteiger charge is -2.20. The van der Waals surface area contributed by atoms with Gasteiger partial charge in [-0.05, 0) is 18.2 Å². The molecule has 5 N–H and O–H groups in total. The Balaban J connectivity index is 1.99. The topological polar surface area (TPSA) is 113 Å². The Bertz CT molecular complexity index is 586. The number of hydrogen-bond donors (Lipinski definition) is 4. The molecule has 0 bridgehead atoms. The Kier molecular flexibility index (Phi) is 3.91. The molecule has 7 nitrogen and oxygen atoms in total. The van der Waals surface area contributed by atoms with Gasteiger partial charge < -0.3 is 16.0 Å². The standard InChI is InChI=1S/C11H16N4O3S/c12-19(17,18)6-5-15-11(16)8-1-2-9-10(7-8)14-4-3-13-9/h1-2,7,13-14H,3-6H2,(H,15,16)(H2,12,17,18). The van der Waals surface area contributed by atoms with Crippen molar-refractivity contribution in [1.29, 1.82) is 0 Å². The lowest BCUT2D eigenvalue weighted by Crippen LogP contribution is -2.31. The number of carbonyl (C=O) groups is 1. The Morgan fingerprint density at radius 3 is 2.63 bits per heavy atom. The van der Waals surface area contributed by atoms with Crippen LogP contribution in [-0.2, 0) is 10.0 Å². The zero-order valence-electron chi connectivity index (χ0n) is 10.3. The van der Waals surface area contributed by atoms with Gasteiger partial charge in [-0.2, -0.15) is 0 Å². The maximum absolute atomic E-state index is 11.8. The van der Waals surface area contributed by atoms with Crippen LogP contribution in [0.1, 0.15) is 10.4 Å². The van der Waals surface area contributed by atoms with E-state index in [1.165, 1.54) is 0 Å². The molecule has 0 aliphatic carbocycles. The van der Waals surface area contributed by atoms with E-state index < -0.39 is 10.0 Å². The summed E-state index contributed by atoms with van der Waals surface area (Å²) in [5, 5.41) is 13.8. The highest BCUT2D eigenvalue weighted by Gasteiger charge is 2.12. The monoisotopic (exact) mass is 284 g/mol. The van der Waals surface area contributed by atoms with Crippen LogP contribution in [0.5, 0.6) is 0 Å². The highest BCUT2D eigenvalue weighted by Crippen LogP contribution is 2.25. The molecule has 0 unspecified atom stereocenters. The van der Waals surface area contributed by atoms with Crippen molar-refractivity contribution in [3.63, 3.8) is 0 Å². The van der Waals surface area contributed by atoms with Gasteiger partial charge in [-0.25, -0.2) is 13.6 Å². The Morgan fingerprint density at radius 2 is 1.95 bits per heavy atom. The van der Waals surface area contributed by atoms with Gasteiger partial charge in [0, 0.05) is 25.2 Å². The summed E-state index contributed by atoms with van der Waals surface area (Å²) in [6, 6.07) is 5.23. The first-order valence-electron chi connectivity index (χ1n) is 5.86. The third kappa shape index (κ3) is 3.83. The number of amides is 1. The molecule has 0 spiro atoms. The van der Waals surface area contributed by atoms with Crippen LogP contribution in [0.25, 0.3) is 0 Å². The van der Waals surface area contributed by atoms with Gasteiger partial charge in [0.05, 0.1) is 17.1 Å². The molecule has 1 heterocycles. The van der Waals surface area contributed by atoms with Crippen molar-refractivity contribution in [2.24, 2.45) is 5.14 Å². The normalized spacial score (nSPS) is 13.9.